The molecule has 0 bridgehead atoms. The fraction of sp³-hybridized carbons (Fsp3) is 0.400. The monoisotopic (exact) mass is 295 g/mol. The van der Waals surface area contributed by atoms with Gasteiger partial charge in [-0.25, -0.2) is 4.98 Å². The first-order chi connectivity index (χ1) is 9.22. The molecule has 2 rings (SSSR count). The number of benzene rings is 1. The molecule has 0 saturated heterocycles. The van der Waals surface area contributed by atoms with Gasteiger partial charge < -0.3 is 4.74 Å². The van der Waals surface area contributed by atoms with Crippen molar-refractivity contribution < 1.29 is 4.74 Å². The molecule has 0 saturated carbocycles. The van der Waals surface area contributed by atoms with Crippen LogP contribution in [0, 0.1) is 12.8 Å². The van der Waals surface area contributed by atoms with Gasteiger partial charge in [0, 0.05) is 17.0 Å². The second-order valence-corrected chi connectivity index (χ2v) is 6.21. The molecule has 1 unspecified atom stereocenters. The second-order valence-electron chi connectivity index (χ2n) is 4.59. The van der Waals surface area contributed by atoms with Gasteiger partial charge in [-0.3, -0.25) is 0 Å². The normalized spacial score (nSPS) is 12.4. The minimum absolute atomic E-state index is 0.415. The number of thiazole rings is 1. The predicted octanol–water partition coefficient (Wildman–Crippen LogP) is 4.10. The van der Waals surface area contributed by atoms with Crippen LogP contribution in [0.2, 0.25) is 0 Å². The van der Waals surface area contributed by atoms with Crippen LogP contribution in [0.15, 0.2) is 30.5 Å². The lowest BCUT2D eigenvalue weighted by Gasteiger charge is -2.15. The van der Waals surface area contributed by atoms with Gasteiger partial charge in [-0.15, -0.1) is 22.9 Å². The molecule has 2 nitrogen and oxygen atoms in total. The van der Waals surface area contributed by atoms with Gasteiger partial charge in [-0.05, 0) is 37.3 Å². The van der Waals surface area contributed by atoms with Gasteiger partial charge in [-0.2, -0.15) is 0 Å². The van der Waals surface area contributed by atoms with Crippen molar-refractivity contribution in [3.63, 3.8) is 0 Å². The lowest BCUT2D eigenvalue weighted by Crippen LogP contribution is -2.10. The maximum absolute atomic E-state index is 6.11. The molecule has 0 N–H and O–H groups in total. The van der Waals surface area contributed by atoms with Gasteiger partial charge in [-0.1, -0.05) is 18.2 Å². The van der Waals surface area contributed by atoms with Gasteiger partial charge in [0.25, 0.3) is 0 Å². The quantitative estimate of drug-likeness (QED) is 0.749. The van der Waals surface area contributed by atoms with Crippen molar-refractivity contribution in [2.45, 2.75) is 19.8 Å². The van der Waals surface area contributed by atoms with Crippen LogP contribution in [-0.2, 0) is 12.8 Å². The molecule has 0 aliphatic rings. The number of aryl methyl sites for hydroxylation is 1. The van der Waals surface area contributed by atoms with Crippen LogP contribution in [0.5, 0.6) is 5.75 Å². The summed E-state index contributed by atoms with van der Waals surface area (Å²) in [6.45, 7) is 2.03. The van der Waals surface area contributed by atoms with Crippen LogP contribution in [0.25, 0.3) is 0 Å². The second kappa shape index (κ2) is 6.92. The highest BCUT2D eigenvalue weighted by Gasteiger charge is 2.13. The number of alkyl halides is 1. The fourth-order valence-corrected chi connectivity index (χ4v) is 3.28. The van der Waals surface area contributed by atoms with Crippen LogP contribution >= 0.6 is 22.9 Å². The molecule has 1 atom stereocenters. The number of rotatable bonds is 6. The SMILES string of the molecule is COc1ccccc1CC(CCl)Cc1cnc(C)s1. The summed E-state index contributed by atoms with van der Waals surface area (Å²) in [5.41, 5.74) is 1.22. The largest absolute Gasteiger partial charge is 0.496 e. The third-order valence-electron chi connectivity index (χ3n) is 3.08. The number of ether oxygens (including phenoxy) is 1. The summed E-state index contributed by atoms with van der Waals surface area (Å²) < 4.78 is 5.39. The summed E-state index contributed by atoms with van der Waals surface area (Å²) >= 11 is 7.86. The maximum Gasteiger partial charge on any atom is 0.122 e. The van der Waals surface area contributed by atoms with Gasteiger partial charge >= 0.3 is 0 Å². The first-order valence-electron chi connectivity index (χ1n) is 6.32. The number of methoxy groups -OCH3 is 1. The van der Waals surface area contributed by atoms with Crippen molar-refractivity contribution >= 4 is 22.9 Å². The molecule has 4 heteroatoms. The van der Waals surface area contributed by atoms with Crippen LogP contribution in [0.3, 0.4) is 0 Å². The lowest BCUT2D eigenvalue weighted by molar-refractivity contribution is 0.405. The highest BCUT2D eigenvalue weighted by Crippen LogP contribution is 2.25. The Hall–Kier alpha value is -1.06. The molecule has 1 heterocycles. The number of aromatic nitrogens is 1. The lowest BCUT2D eigenvalue weighted by atomic mass is 9.97. The Morgan fingerprint density at radius 3 is 2.74 bits per heavy atom. The third kappa shape index (κ3) is 3.95. The van der Waals surface area contributed by atoms with Crippen LogP contribution in [-0.4, -0.2) is 18.0 Å². The fourth-order valence-electron chi connectivity index (χ4n) is 2.15. The van der Waals surface area contributed by atoms with Gasteiger partial charge in [0.05, 0.1) is 12.1 Å². The molecule has 1 aromatic carbocycles. The van der Waals surface area contributed by atoms with Gasteiger partial charge in [0.15, 0.2) is 0 Å². The molecular formula is C15H18ClNOS. The van der Waals surface area contributed by atoms with Crippen molar-refractivity contribution in [2.24, 2.45) is 5.92 Å². The number of hydrogen-bond donors (Lipinski definition) is 0. The highest BCUT2D eigenvalue weighted by atomic mass is 35.5. The van der Waals surface area contributed by atoms with Crippen LogP contribution < -0.4 is 4.74 Å². The molecule has 1 aromatic heterocycles. The zero-order chi connectivity index (χ0) is 13.7. The molecule has 0 aliphatic heterocycles. The first kappa shape index (κ1) is 14.4. The van der Waals surface area contributed by atoms with E-state index in [9.17, 15) is 0 Å². The topological polar surface area (TPSA) is 22.1 Å². The van der Waals surface area contributed by atoms with Crippen molar-refractivity contribution in [1.82, 2.24) is 4.98 Å². The maximum atomic E-state index is 6.11. The van der Waals surface area contributed by atoms with Crippen molar-refractivity contribution in [2.75, 3.05) is 13.0 Å². The smallest absolute Gasteiger partial charge is 0.122 e. The summed E-state index contributed by atoms with van der Waals surface area (Å²) in [5, 5.41) is 1.11. The van der Waals surface area contributed by atoms with E-state index in [1.165, 1.54) is 10.4 Å². The standard InChI is InChI=1S/C15H18ClNOS/c1-11-17-10-14(19-11)8-12(9-16)7-13-5-3-4-6-15(13)18-2/h3-6,10,12H,7-9H2,1-2H3. The van der Waals surface area contributed by atoms with E-state index in [0.717, 1.165) is 23.6 Å². The predicted molar refractivity (Wildman–Crippen MR) is 81.5 cm³/mol. The molecule has 0 spiro atoms. The number of nitrogens with zero attached hydrogens (tertiary/aromatic N) is 1. The van der Waals surface area contributed by atoms with E-state index >= 15 is 0 Å². The summed E-state index contributed by atoms with van der Waals surface area (Å²) in [7, 11) is 1.71. The number of hydrogen-bond acceptors (Lipinski definition) is 3. The van der Waals surface area contributed by atoms with E-state index in [4.69, 9.17) is 16.3 Å². The van der Waals surface area contributed by atoms with Gasteiger partial charge in [0.1, 0.15) is 5.75 Å². The Morgan fingerprint density at radius 2 is 2.11 bits per heavy atom. The Bertz CT molecular complexity index is 526. The van der Waals surface area contributed by atoms with Crippen LogP contribution in [0.4, 0.5) is 0 Å². The summed E-state index contributed by atoms with van der Waals surface area (Å²) in [4.78, 5) is 5.60. The van der Waals surface area contributed by atoms with Crippen molar-refractivity contribution in [3.8, 4) is 5.75 Å². The molecule has 0 fully saturated rings. The first-order valence-corrected chi connectivity index (χ1v) is 7.67. The summed E-state index contributed by atoms with van der Waals surface area (Å²) in [5.74, 6) is 2.01. The number of halogens is 1. The minimum Gasteiger partial charge on any atom is -0.496 e. The van der Waals surface area contributed by atoms with E-state index in [2.05, 4.69) is 11.1 Å². The average molecular weight is 296 g/mol. The molecule has 2 aromatic rings. The molecule has 102 valence electrons. The molecule has 0 amide bonds. The van der Waals surface area contributed by atoms with E-state index < -0.39 is 0 Å². The zero-order valence-electron chi connectivity index (χ0n) is 11.2. The molecule has 19 heavy (non-hydrogen) atoms. The zero-order valence-corrected chi connectivity index (χ0v) is 12.8. The Morgan fingerprint density at radius 1 is 1.32 bits per heavy atom. The molecule has 0 radical (unpaired) electrons. The Balaban J connectivity index is 2.06. The summed E-state index contributed by atoms with van der Waals surface area (Å²) in [6, 6.07) is 8.14. The molecular weight excluding hydrogens is 278 g/mol. The van der Waals surface area contributed by atoms with E-state index in [0.29, 0.717) is 11.8 Å². The highest BCUT2D eigenvalue weighted by molar-refractivity contribution is 7.11. The Kier molecular flexibility index (Phi) is 5.23. The van der Waals surface area contributed by atoms with Crippen molar-refractivity contribution in [1.29, 1.82) is 0 Å². The third-order valence-corrected chi connectivity index (χ3v) is 4.45. The molecule has 0 aliphatic carbocycles. The average Bonchev–Trinajstić information content (AvgIpc) is 2.84. The van der Waals surface area contributed by atoms with Crippen LogP contribution in [0.1, 0.15) is 15.4 Å². The van der Waals surface area contributed by atoms with E-state index in [1.54, 1.807) is 18.4 Å². The van der Waals surface area contributed by atoms with Crippen molar-refractivity contribution in [3.05, 3.63) is 45.9 Å². The summed E-state index contributed by atoms with van der Waals surface area (Å²) in [6.07, 6.45) is 3.87. The Labute approximate surface area is 123 Å². The number of para-hydroxylation sites is 1. The van der Waals surface area contributed by atoms with E-state index in [1.807, 2.05) is 31.3 Å². The minimum atomic E-state index is 0.415. The van der Waals surface area contributed by atoms with Gasteiger partial charge in [0.2, 0.25) is 0 Å². The van der Waals surface area contributed by atoms with E-state index in [-0.39, 0.29) is 0 Å².